The van der Waals surface area contributed by atoms with Crippen LogP contribution in [0.5, 0.6) is 0 Å². The lowest BCUT2D eigenvalue weighted by molar-refractivity contribution is 0.239. The number of fused-ring (bicyclic) bond motifs is 2. The molecule has 4 rings (SSSR count). The summed E-state index contributed by atoms with van der Waals surface area (Å²) in [6, 6.07) is 18.9. The van der Waals surface area contributed by atoms with E-state index in [0.29, 0.717) is 6.04 Å². The predicted octanol–water partition coefficient (Wildman–Crippen LogP) is 4.14. The molecule has 1 aliphatic heterocycles. The maximum absolute atomic E-state index is 13.1. The van der Waals surface area contributed by atoms with Crippen molar-refractivity contribution in [3.05, 3.63) is 81.6 Å². The summed E-state index contributed by atoms with van der Waals surface area (Å²) in [5.74, 6) is 0. The second-order valence-electron chi connectivity index (χ2n) is 7.18. The molecule has 2 aromatic carbocycles. The Kier molecular flexibility index (Phi) is 4.18. The lowest BCUT2D eigenvalue weighted by Gasteiger charge is -2.32. The van der Waals surface area contributed by atoms with E-state index in [1.807, 2.05) is 24.3 Å². The van der Waals surface area contributed by atoms with Crippen molar-refractivity contribution in [2.75, 3.05) is 6.54 Å². The van der Waals surface area contributed by atoms with Crippen molar-refractivity contribution in [2.45, 2.75) is 39.4 Å². The topological polar surface area (TPSA) is 25.2 Å². The van der Waals surface area contributed by atoms with Crippen molar-refractivity contribution in [3.63, 3.8) is 0 Å². The highest BCUT2D eigenvalue weighted by molar-refractivity contribution is 5.80. The summed E-state index contributed by atoms with van der Waals surface area (Å²) in [5, 5.41) is 0.844. The van der Waals surface area contributed by atoms with E-state index in [0.717, 1.165) is 42.5 Å². The minimum absolute atomic E-state index is 0.209. The van der Waals surface area contributed by atoms with Crippen LogP contribution in [0.25, 0.3) is 10.9 Å². The Morgan fingerprint density at radius 3 is 2.48 bits per heavy atom. The zero-order chi connectivity index (χ0) is 17.4. The smallest absolute Gasteiger partial charge is 0.194 e. The highest BCUT2D eigenvalue weighted by atomic mass is 16.1. The first-order chi connectivity index (χ1) is 12.1. The van der Waals surface area contributed by atoms with Gasteiger partial charge < -0.3 is 4.57 Å². The van der Waals surface area contributed by atoms with Gasteiger partial charge in [-0.05, 0) is 31.5 Å². The molecule has 2 heterocycles. The molecule has 0 radical (unpaired) electrons. The Bertz CT molecular complexity index is 957. The minimum Gasteiger partial charge on any atom is -0.341 e. The standard InChI is InChI=1S/C22H24N2O/c1-16(2)24-20-11-7-6-10-18(20)22(25)19-15-23(13-12-21(19)24)14-17-8-4-3-5-9-17/h3-11,16H,12-15H2,1-2H3. The molecule has 0 bridgehead atoms. The average molecular weight is 332 g/mol. The van der Waals surface area contributed by atoms with Crippen LogP contribution >= 0.6 is 0 Å². The van der Waals surface area contributed by atoms with Gasteiger partial charge in [0.25, 0.3) is 0 Å². The van der Waals surface area contributed by atoms with Gasteiger partial charge in [-0.25, -0.2) is 0 Å². The monoisotopic (exact) mass is 332 g/mol. The molecule has 0 saturated carbocycles. The van der Waals surface area contributed by atoms with Crippen LogP contribution < -0.4 is 5.43 Å². The number of benzene rings is 2. The third-order valence-corrected chi connectivity index (χ3v) is 5.13. The summed E-state index contributed by atoms with van der Waals surface area (Å²) >= 11 is 0. The van der Waals surface area contributed by atoms with Gasteiger partial charge in [0.15, 0.2) is 5.43 Å². The van der Waals surface area contributed by atoms with Crippen LogP contribution in [0.2, 0.25) is 0 Å². The van der Waals surface area contributed by atoms with Gasteiger partial charge in [0.1, 0.15) is 0 Å². The van der Waals surface area contributed by atoms with E-state index >= 15 is 0 Å². The van der Waals surface area contributed by atoms with Gasteiger partial charge in [0.05, 0.1) is 5.52 Å². The molecule has 1 aliphatic rings. The molecular weight excluding hydrogens is 308 g/mol. The lowest BCUT2D eigenvalue weighted by Crippen LogP contribution is -2.36. The van der Waals surface area contributed by atoms with E-state index in [2.05, 4.69) is 53.6 Å². The fourth-order valence-electron chi connectivity index (χ4n) is 4.03. The Hall–Kier alpha value is -2.39. The molecule has 1 aromatic heterocycles. The van der Waals surface area contributed by atoms with Crippen LogP contribution in [-0.2, 0) is 19.5 Å². The molecule has 0 fully saturated rings. The van der Waals surface area contributed by atoms with E-state index < -0.39 is 0 Å². The minimum atomic E-state index is 0.209. The molecular formula is C22H24N2O. The van der Waals surface area contributed by atoms with Gasteiger partial charge in [-0.1, -0.05) is 42.5 Å². The second kappa shape index (κ2) is 6.49. The Labute approximate surface area is 148 Å². The molecule has 3 aromatic rings. The summed E-state index contributed by atoms with van der Waals surface area (Å²) in [7, 11) is 0. The highest BCUT2D eigenvalue weighted by Crippen LogP contribution is 2.26. The van der Waals surface area contributed by atoms with E-state index in [1.54, 1.807) is 0 Å². The van der Waals surface area contributed by atoms with Crippen LogP contribution in [-0.4, -0.2) is 16.0 Å². The number of nitrogens with zero attached hydrogens (tertiary/aromatic N) is 2. The molecule has 0 atom stereocenters. The Morgan fingerprint density at radius 2 is 1.72 bits per heavy atom. The summed E-state index contributed by atoms with van der Waals surface area (Å²) in [4.78, 5) is 15.5. The molecule has 25 heavy (non-hydrogen) atoms. The van der Waals surface area contributed by atoms with Crippen molar-refractivity contribution in [3.8, 4) is 0 Å². The van der Waals surface area contributed by atoms with Gasteiger partial charge in [0.2, 0.25) is 0 Å². The maximum Gasteiger partial charge on any atom is 0.194 e. The van der Waals surface area contributed by atoms with Crippen LogP contribution in [0.3, 0.4) is 0 Å². The van der Waals surface area contributed by atoms with Gasteiger partial charge in [-0.3, -0.25) is 9.69 Å². The molecule has 3 heteroatoms. The van der Waals surface area contributed by atoms with Crippen molar-refractivity contribution < 1.29 is 0 Å². The predicted molar refractivity (Wildman–Crippen MR) is 103 cm³/mol. The van der Waals surface area contributed by atoms with Gasteiger partial charge >= 0.3 is 0 Å². The summed E-state index contributed by atoms with van der Waals surface area (Å²) < 4.78 is 2.37. The van der Waals surface area contributed by atoms with Crippen LogP contribution in [0.15, 0.2) is 59.4 Å². The second-order valence-corrected chi connectivity index (χ2v) is 7.18. The van der Waals surface area contributed by atoms with Crippen molar-refractivity contribution in [2.24, 2.45) is 0 Å². The van der Waals surface area contributed by atoms with Crippen LogP contribution in [0.1, 0.15) is 36.7 Å². The fraction of sp³-hybridized carbons (Fsp3) is 0.318. The van der Waals surface area contributed by atoms with Crippen LogP contribution in [0.4, 0.5) is 0 Å². The fourth-order valence-corrected chi connectivity index (χ4v) is 4.03. The van der Waals surface area contributed by atoms with Crippen LogP contribution in [0, 0.1) is 0 Å². The van der Waals surface area contributed by atoms with Crippen molar-refractivity contribution in [1.82, 2.24) is 9.47 Å². The first-order valence-corrected chi connectivity index (χ1v) is 9.06. The Balaban J connectivity index is 1.78. The van der Waals surface area contributed by atoms with E-state index in [-0.39, 0.29) is 5.43 Å². The summed E-state index contributed by atoms with van der Waals surface area (Å²) in [6.07, 6.45) is 0.931. The molecule has 3 nitrogen and oxygen atoms in total. The molecule has 0 N–H and O–H groups in total. The lowest BCUT2D eigenvalue weighted by atomic mass is 9.99. The van der Waals surface area contributed by atoms with Gasteiger partial charge in [-0.2, -0.15) is 0 Å². The first-order valence-electron chi connectivity index (χ1n) is 9.06. The van der Waals surface area contributed by atoms with Crippen molar-refractivity contribution in [1.29, 1.82) is 0 Å². The average Bonchev–Trinajstić information content (AvgIpc) is 2.63. The van der Waals surface area contributed by atoms with Crippen molar-refractivity contribution >= 4 is 10.9 Å². The van der Waals surface area contributed by atoms with Gasteiger partial charge in [0, 0.05) is 48.7 Å². The Morgan fingerprint density at radius 1 is 1.00 bits per heavy atom. The number of pyridine rings is 1. The maximum atomic E-state index is 13.1. The van der Waals surface area contributed by atoms with E-state index in [1.165, 1.54) is 11.3 Å². The highest BCUT2D eigenvalue weighted by Gasteiger charge is 2.24. The molecule has 0 aliphatic carbocycles. The largest absolute Gasteiger partial charge is 0.341 e. The molecule has 0 spiro atoms. The third-order valence-electron chi connectivity index (χ3n) is 5.13. The number of aromatic nitrogens is 1. The molecule has 0 unspecified atom stereocenters. The molecule has 128 valence electrons. The summed E-state index contributed by atoms with van der Waals surface area (Å²) in [5.41, 5.74) is 4.78. The summed E-state index contributed by atoms with van der Waals surface area (Å²) in [6.45, 7) is 7.03. The first kappa shape index (κ1) is 16.1. The number of hydrogen-bond donors (Lipinski definition) is 0. The quantitative estimate of drug-likeness (QED) is 0.720. The third kappa shape index (κ3) is 2.89. The zero-order valence-electron chi connectivity index (χ0n) is 14.9. The molecule has 0 saturated heterocycles. The normalized spacial score (nSPS) is 14.8. The van der Waals surface area contributed by atoms with E-state index in [9.17, 15) is 4.79 Å². The number of hydrogen-bond acceptors (Lipinski definition) is 2. The number of rotatable bonds is 3. The number of para-hydroxylation sites is 1. The van der Waals surface area contributed by atoms with Gasteiger partial charge in [-0.15, -0.1) is 0 Å². The zero-order valence-corrected chi connectivity index (χ0v) is 14.9. The molecule has 0 amide bonds. The SMILES string of the molecule is CC(C)n1c2c(c(=O)c3ccccc31)CN(Cc1ccccc1)CC2. The van der Waals surface area contributed by atoms with E-state index in [4.69, 9.17) is 0 Å².